The zero-order valence-electron chi connectivity index (χ0n) is 34.4. The third-order valence-electron chi connectivity index (χ3n) is 10.1. The van der Waals surface area contributed by atoms with Crippen molar-refractivity contribution in [1.82, 2.24) is 0 Å². The second-order valence-electron chi connectivity index (χ2n) is 14.0. The molecule has 0 radical (unpaired) electrons. The first-order chi connectivity index (χ1) is 30.6. The average molecular weight is 851 g/mol. The number of esters is 2. The minimum Gasteiger partial charge on any atom is -0.463 e. The lowest BCUT2D eigenvalue weighted by Crippen LogP contribution is -2.18. The molecule has 8 aromatic rings. The first kappa shape index (κ1) is 41.9. The monoisotopic (exact) mass is 850 g/mol. The van der Waals surface area contributed by atoms with Gasteiger partial charge in [0, 0.05) is 43.5 Å². The Balaban J connectivity index is 1.53. The molecular formula is C54H44O6P2. The van der Waals surface area contributed by atoms with Gasteiger partial charge in [-0.3, -0.25) is 0 Å². The molecule has 6 nitrogen and oxygen atoms in total. The molecule has 0 amide bonds. The van der Waals surface area contributed by atoms with Crippen molar-refractivity contribution in [3.8, 4) is 44.9 Å². The molecule has 0 unspecified atom stereocenters. The lowest BCUT2D eigenvalue weighted by atomic mass is 9.87. The fraction of sp³-hybridized carbons (Fsp3) is 0.0741. The maximum atomic E-state index is 14.6. The number of benzene rings is 8. The molecule has 0 saturated heterocycles. The Labute approximate surface area is 365 Å². The van der Waals surface area contributed by atoms with E-state index in [0.29, 0.717) is 33.8 Å². The minimum absolute atomic E-state index is 0.126. The van der Waals surface area contributed by atoms with Gasteiger partial charge in [-0.05, 0) is 49.2 Å². The molecule has 0 atom stereocenters. The highest BCUT2D eigenvalue weighted by Crippen LogP contribution is 2.55. The minimum atomic E-state index is -1.57. The lowest BCUT2D eigenvalue weighted by Gasteiger charge is -2.28. The van der Waals surface area contributed by atoms with Crippen LogP contribution >= 0.6 is 16.3 Å². The van der Waals surface area contributed by atoms with Crippen LogP contribution in [0.3, 0.4) is 0 Å². The van der Waals surface area contributed by atoms with Gasteiger partial charge in [-0.15, -0.1) is 0 Å². The van der Waals surface area contributed by atoms with Crippen LogP contribution < -0.4 is 30.3 Å². The molecule has 0 fully saturated rings. The van der Waals surface area contributed by atoms with Gasteiger partial charge < -0.3 is 18.5 Å². The van der Waals surface area contributed by atoms with Crippen LogP contribution in [0.5, 0.6) is 11.5 Å². The maximum Gasteiger partial charge on any atom is 0.338 e. The summed E-state index contributed by atoms with van der Waals surface area (Å²) in [6.45, 7) is 3.81. The zero-order chi connectivity index (χ0) is 42.7. The van der Waals surface area contributed by atoms with E-state index in [0.717, 1.165) is 32.3 Å². The summed E-state index contributed by atoms with van der Waals surface area (Å²) >= 11 is 0. The van der Waals surface area contributed by atoms with E-state index in [9.17, 15) is 9.59 Å². The van der Waals surface area contributed by atoms with Crippen molar-refractivity contribution in [2.75, 3.05) is 13.2 Å². The van der Waals surface area contributed by atoms with Crippen LogP contribution in [0.1, 0.15) is 34.6 Å². The van der Waals surface area contributed by atoms with Crippen LogP contribution in [0.4, 0.5) is 0 Å². The molecule has 0 spiro atoms. The zero-order valence-corrected chi connectivity index (χ0v) is 36.2. The van der Waals surface area contributed by atoms with E-state index < -0.39 is 28.2 Å². The third-order valence-corrected chi connectivity index (χ3v) is 13.9. The molecule has 0 aliphatic rings. The molecule has 306 valence electrons. The Kier molecular flexibility index (Phi) is 13.6. The summed E-state index contributed by atoms with van der Waals surface area (Å²) in [6, 6.07) is 67.5. The molecule has 62 heavy (non-hydrogen) atoms. The van der Waals surface area contributed by atoms with E-state index >= 15 is 0 Å². The fourth-order valence-corrected chi connectivity index (χ4v) is 10.8. The summed E-state index contributed by atoms with van der Waals surface area (Å²) in [6.07, 6.45) is 0. The van der Waals surface area contributed by atoms with Gasteiger partial charge in [0.2, 0.25) is 0 Å². The Hall–Kier alpha value is -6.84. The highest BCUT2D eigenvalue weighted by molar-refractivity contribution is 7.69. The quantitative estimate of drug-likeness (QED) is 0.0756. The van der Waals surface area contributed by atoms with Gasteiger partial charge in [0.05, 0.1) is 24.3 Å². The molecule has 0 saturated carbocycles. The second kappa shape index (κ2) is 20.1. The van der Waals surface area contributed by atoms with Crippen LogP contribution in [0.25, 0.3) is 33.4 Å². The Morgan fingerprint density at radius 2 is 0.645 bits per heavy atom. The molecule has 8 rings (SSSR count). The van der Waals surface area contributed by atoms with E-state index in [1.165, 1.54) is 0 Å². The van der Waals surface area contributed by atoms with E-state index in [-0.39, 0.29) is 24.3 Å². The van der Waals surface area contributed by atoms with Crippen LogP contribution in [0.2, 0.25) is 0 Å². The Bertz CT molecular complexity index is 2460. The summed E-state index contributed by atoms with van der Waals surface area (Å²) in [4.78, 5) is 29.2. The molecule has 8 heteroatoms. The smallest absolute Gasteiger partial charge is 0.338 e. The molecule has 0 N–H and O–H groups in total. The summed E-state index contributed by atoms with van der Waals surface area (Å²) in [5.74, 6) is -0.361. The predicted octanol–water partition coefficient (Wildman–Crippen LogP) is 11.9. The van der Waals surface area contributed by atoms with Crippen LogP contribution in [-0.2, 0) is 9.47 Å². The van der Waals surface area contributed by atoms with E-state index in [1.54, 1.807) is 26.0 Å². The van der Waals surface area contributed by atoms with Gasteiger partial charge in [0.25, 0.3) is 0 Å². The predicted molar refractivity (Wildman–Crippen MR) is 254 cm³/mol. The van der Waals surface area contributed by atoms with Crippen LogP contribution in [0, 0.1) is 0 Å². The first-order valence-corrected chi connectivity index (χ1v) is 23.0. The van der Waals surface area contributed by atoms with Crippen molar-refractivity contribution in [1.29, 1.82) is 0 Å². The van der Waals surface area contributed by atoms with Crippen molar-refractivity contribution in [2.24, 2.45) is 0 Å². The number of carbonyl (C=O) groups excluding carboxylic acids is 2. The molecule has 0 aromatic heterocycles. The summed E-state index contributed by atoms with van der Waals surface area (Å²) < 4.78 is 26.8. The molecule has 0 aliphatic heterocycles. The highest BCUT2D eigenvalue weighted by Gasteiger charge is 2.34. The Morgan fingerprint density at radius 1 is 0.371 bits per heavy atom. The molecule has 0 heterocycles. The van der Waals surface area contributed by atoms with Gasteiger partial charge in [0.1, 0.15) is 11.5 Å². The van der Waals surface area contributed by atoms with E-state index in [1.807, 2.05) is 146 Å². The molecule has 0 bridgehead atoms. The Morgan fingerprint density at radius 3 is 0.919 bits per heavy atom. The van der Waals surface area contributed by atoms with Gasteiger partial charge in [-0.25, -0.2) is 9.59 Å². The molecule has 0 aliphatic carbocycles. The third kappa shape index (κ3) is 9.23. The van der Waals surface area contributed by atoms with Crippen molar-refractivity contribution >= 4 is 49.5 Å². The average Bonchev–Trinajstić information content (AvgIpc) is 3.33. The standard InChI is InChI=1S/C54H44O6P2/c1-3-57-53(55)47-37-35-45(39-23-11-5-12-24-39)51(59-61(41-27-15-7-16-28-41)42-29-17-8-18-30-42)49(47)50-48(54(56)58-4-2)38-36-46(40-25-13-6-14-26-40)52(50)60-62(43-31-19-9-20-32-43)44-33-21-10-22-34-44/h5-38H,3-4H2,1-2H3. The summed E-state index contributed by atoms with van der Waals surface area (Å²) in [7, 11) is -3.13. The normalized spacial score (nSPS) is 11.0. The number of ether oxygens (including phenoxy) is 2. The molecular weight excluding hydrogens is 807 g/mol. The summed E-state index contributed by atoms with van der Waals surface area (Å²) in [5, 5.41) is 3.82. The van der Waals surface area contributed by atoms with Crippen LogP contribution in [0.15, 0.2) is 206 Å². The van der Waals surface area contributed by atoms with Gasteiger partial charge in [0.15, 0.2) is 16.3 Å². The molecule has 8 aromatic carbocycles. The number of hydrogen-bond donors (Lipinski definition) is 0. The largest absolute Gasteiger partial charge is 0.463 e. The summed E-state index contributed by atoms with van der Waals surface area (Å²) in [5.41, 5.74) is 4.27. The fourth-order valence-electron chi connectivity index (χ4n) is 7.24. The highest BCUT2D eigenvalue weighted by atomic mass is 31.1. The topological polar surface area (TPSA) is 71.1 Å². The number of hydrogen-bond acceptors (Lipinski definition) is 6. The van der Waals surface area contributed by atoms with E-state index in [4.69, 9.17) is 18.5 Å². The van der Waals surface area contributed by atoms with Gasteiger partial charge in [-0.1, -0.05) is 182 Å². The van der Waals surface area contributed by atoms with Crippen molar-refractivity contribution in [2.45, 2.75) is 13.8 Å². The van der Waals surface area contributed by atoms with Crippen molar-refractivity contribution < 1.29 is 28.1 Å². The van der Waals surface area contributed by atoms with Crippen molar-refractivity contribution in [3.63, 3.8) is 0 Å². The number of carbonyl (C=O) groups is 2. The van der Waals surface area contributed by atoms with E-state index in [2.05, 4.69) is 48.5 Å². The SMILES string of the molecule is CCOC(=O)c1ccc(-c2ccccc2)c(OP(c2ccccc2)c2ccccc2)c1-c1c(C(=O)OCC)ccc(-c2ccccc2)c1OP(c1ccccc1)c1ccccc1. The second-order valence-corrected chi connectivity index (χ2v) is 17.6. The van der Waals surface area contributed by atoms with Crippen LogP contribution in [-0.4, -0.2) is 25.2 Å². The first-order valence-electron chi connectivity index (χ1n) is 20.5. The van der Waals surface area contributed by atoms with Crippen molar-refractivity contribution in [3.05, 3.63) is 217 Å². The lowest BCUT2D eigenvalue weighted by molar-refractivity contribution is 0.0514. The number of rotatable bonds is 15. The maximum absolute atomic E-state index is 14.6. The van der Waals surface area contributed by atoms with Gasteiger partial charge in [-0.2, -0.15) is 0 Å². The van der Waals surface area contributed by atoms with Gasteiger partial charge >= 0.3 is 11.9 Å².